The number of aromatic nitrogens is 2. The average molecular weight is 435 g/mol. The van der Waals surface area contributed by atoms with Gasteiger partial charge in [-0.2, -0.15) is 5.10 Å². The van der Waals surface area contributed by atoms with Gasteiger partial charge in [0.25, 0.3) is 0 Å². The molecule has 3 rings (SSSR count). The van der Waals surface area contributed by atoms with Crippen LogP contribution in [0.4, 0.5) is 5.69 Å². The van der Waals surface area contributed by atoms with Gasteiger partial charge in [0.15, 0.2) is 0 Å². The van der Waals surface area contributed by atoms with Crippen LogP contribution in [0.1, 0.15) is 31.7 Å². The molecule has 2 aromatic carbocycles. The SMILES string of the molecule is CCCCN(Cc1ccccc1)C(=O)Cn1cc(NC(=O)CCOc2ccccc2)cn1. The number of benzene rings is 2. The van der Waals surface area contributed by atoms with Crippen molar-refractivity contribution < 1.29 is 14.3 Å². The third-order valence-electron chi connectivity index (χ3n) is 4.91. The zero-order valence-corrected chi connectivity index (χ0v) is 18.4. The van der Waals surface area contributed by atoms with Gasteiger partial charge in [-0.1, -0.05) is 61.9 Å². The predicted octanol–water partition coefficient (Wildman–Crippen LogP) is 4.12. The maximum absolute atomic E-state index is 12.9. The van der Waals surface area contributed by atoms with Gasteiger partial charge in [0.2, 0.25) is 11.8 Å². The summed E-state index contributed by atoms with van der Waals surface area (Å²) < 4.78 is 7.11. The monoisotopic (exact) mass is 434 g/mol. The fourth-order valence-electron chi connectivity index (χ4n) is 3.20. The maximum Gasteiger partial charge on any atom is 0.244 e. The van der Waals surface area contributed by atoms with Gasteiger partial charge in [0.05, 0.1) is 24.9 Å². The molecular formula is C25H30N4O3. The highest BCUT2D eigenvalue weighted by Crippen LogP contribution is 2.11. The molecule has 0 fully saturated rings. The largest absolute Gasteiger partial charge is 0.493 e. The van der Waals surface area contributed by atoms with Crippen molar-refractivity contribution in [3.8, 4) is 5.75 Å². The summed E-state index contributed by atoms with van der Waals surface area (Å²) in [6.45, 7) is 3.80. The number of hydrogen-bond donors (Lipinski definition) is 1. The summed E-state index contributed by atoms with van der Waals surface area (Å²) in [5.74, 6) is 0.565. The summed E-state index contributed by atoms with van der Waals surface area (Å²) in [7, 11) is 0. The van der Waals surface area contributed by atoms with Crippen molar-refractivity contribution in [3.63, 3.8) is 0 Å². The van der Waals surface area contributed by atoms with Crippen LogP contribution in [0.25, 0.3) is 0 Å². The van der Waals surface area contributed by atoms with Crippen LogP contribution in [0, 0.1) is 0 Å². The van der Waals surface area contributed by atoms with Crippen LogP contribution in [-0.4, -0.2) is 39.6 Å². The van der Waals surface area contributed by atoms with Gasteiger partial charge in [0, 0.05) is 19.3 Å². The molecule has 1 heterocycles. The molecule has 7 nitrogen and oxygen atoms in total. The Bertz CT molecular complexity index is 973. The fourth-order valence-corrected chi connectivity index (χ4v) is 3.20. The minimum atomic E-state index is -0.166. The molecule has 0 aliphatic heterocycles. The van der Waals surface area contributed by atoms with Crippen molar-refractivity contribution in [1.29, 1.82) is 0 Å². The van der Waals surface area contributed by atoms with Crippen LogP contribution < -0.4 is 10.1 Å². The van der Waals surface area contributed by atoms with E-state index < -0.39 is 0 Å². The van der Waals surface area contributed by atoms with E-state index in [2.05, 4.69) is 17.3 Å². The molecule has 0 saturated heterocycles. The van der Waals surface area contributed by atoms with E-state index in [0.29, 0.717) is 18.8 Å². The maximum atomic E-state index is 12.9. The van der Waals surface area contributed by atoms with Gasteiger partial charge in [-0.3, -0.25) is 14.3 Å². The Morgan fingerprint density at radius 1 is 1.06 bits per heavy atom. The number of nitrogens with zero attached hydrogens (tertiary/aromatic N) is 3. The van der Waals surface area contributed by atoms with Crippen molar-refractivity contribution >= 4 is 17.5 Å². The van der Waals surface area contributed by atoms with Gasteiger partial charge in [0.1, 0.15) is 12.3 Å². The zero-order chi connectivity index (χ0) is 22.6. The molecule has 0 atom stereocenters. The molecule has 2 amide bonds. The number of hydrogen-bond acceptors (Lipinski definition) is 4. The van der Waals surface area contributed by atoms with E-state index in [0.717, 1.165) is 24.2 Å². The van der Waals surface area contributed by atoms with Crippen molar-refractivity contribution in [1.82, 2.24) is 14.7 Å². The fraction of sp³-hybridized carbons (Fsp3) is 0.320. The van der Waals surface area contributed by atoms with Crippen LogP contribution in [0.5, 0.6) is 5.75 Å². The molecule has 7 heteroatoms. The van der Waals surface area contributed by atoms with Gasteiger partial charge in [-0.15, -0.1) is 0 Å². The van der Waals surface area contributed by atoms with Crippen molar-refractivity contribution in [2.75, 3.05) is 18.5 Å². The number of nitrogens with one attached hydrogen (secondary N) is 1. The summed E-state index contributed by atoms with van der Waals surface area (Å²) in [4.78, 5) is 26.9. The van der Waals surface area contributed by atoms with Crippen LogP contribution in [0.3, 0.4) is 0 Å². The second kappa shape index (κ2) is 12.3. The third kappa shape index (κ3) is 7.58. The molecule has 1 N–H and O–H groups in total. The summed E-state index contributed by atoms with van der Waals surface area (Å²) >= 11 is 0. The quantitative estimate of drug-likeness (QED) is 0.465. The Kier molecular flexibility index (Phi) is 8.86. The van der Waals surface area contributed by atoms with Crippen molar-refractivity contribution in [3.05, 3.63) is 78.6 Å². The average Bonchev–Trinajstić information content (AvgIpc) is 3.24. The van der Waals surface area contributed by atoms with Crippen LogP contribution in [-0.2, 0) is 22.7 Å². The van der Waals surface area contributed by atoms with E-state index in [9.17, 15) is 9.59 Å². The zero-order valence-electron chi connectivity index (χ0n) is 18.4. The predicted molar refractivity (Wildman–Crippen MR) is 124 cm³/mol. The first-order chi connectivity index (χ1) is 15.6. The molecule has 0 radical (unpaired) electrons. The minimum absolute atomic E-state index is 0.000425. The summed E-state index contributed by atoms with van der Waals surface area (Å²) in [5.41, 5.74) is 1.66. The first kappa shape index (κ1) is 23.1. The number of carbonyl (C=O) groups is 2. The number of rotatable bonds is 12. The minimum Gasteiger partial charge on any atom is -0.493 e. The molecule has 1 aromatic heterocycles. The molecule has 0 aliphatic rings. The Morgan fingerprint density at radius 3 is 2.50 bits per heavy atom. The molecule has 32 heavy (non-hydrogen) atoms. The second-order valence-corrected chi connectivity index (χ2v) is 7.54. The lowest BCUT2D eigenvalue weighted by atomic mass is 10.2. The molecular weight excluding hydrogens is 404 g/mol. The molecule has 168 valence electrons. The van der Waals surface area contributed by atoms with E-state index in [1.54, 1.807) is 17.1 Å². The Labute approximate surface area is 189 Å². The highest BCUT2D eigenvalue weighted by Gasteiger charge is 2.15. The van der Waals surface area contributed by atoms with Crippen LogP contribution in [0.15, 0.2) is 73.1 Å². The number of unbranched alkanes of at least 4 members (excludes halogenated alkanes) is 1. The van der Waals surface area contributed by atoms with Crippen LogP contribution >= 0.6 is 0 Å². The molecule has 0 bridgehead atoms. The van der Waals surface area contributed by atoms with Gasteiger partial charge in [-0.25, -0.2) is 0 Å². The molecule has 0 aliphatic carbocycles. The summed E-state index contributed by atoms with van der Waals surface area (Å²) in [5, 5.41) is 7.03. The van der Waals surface area contributed by atoms with E-state index in [1.165, 1.54) is 0 Å². The van der Waals surface area contributed by atoms with E-state index in [-0.39, 0.29) is 31.4 Å². The Balaban J connectivity index is 1.48. The van der Waals surface area contributed by atoms with Crippen LogP contribution in [0.2, 0.25) is 0 Å². The van der Waals surface area contributed by atoms with Crippen molar-refractivity contribution in [2.24, 2.45) is 0 Å². The topological polar surface area (TPSA) is 76.5 Å². The molecule has 0 spiro atoms. The number of anilines is 1. The lowest BCUT2D eigenvalue weighted by Crippen LogP contribution is -2.34. The summed E-state index contributed by atoms with van der Waals surface area (Å²) in [6.07, 6.45) is 5.42. The molecule has 0 saturated carbocycles. The van der Waals surface area contributed by atoms with E-state index in [4.69, 9.17) is 4.74 Å². The van der Waals surface area contributed by atoms with Crippen molar-refractivity contribution in [2.45, 2.75) is 39.3 Å². The normalized spacial score (nSPS) is 10.5. The van der Waals surface area contributed by atoms with E-state index in [1.807, 2.05) is 65.6 Å². The van der Waals surface area contributed by atoms with Gasteiger partial charge < -0.3 is 15.0 Å². The highest BCUT2D eigenvalue weighted by atomic mass is 16.5. The smallest absolute Gasteiger partial charge is 0.244 e. The summed E-state index contributed by atoms with van der Waals surface area (Å²) in [6, 6.07) is 19.3. The number of para-hydroxylation sites is 1. The third-order valence-corrected chi connectivity index (χ3v) is 4.91. The Hall–Kier alpha value is -3.61. The first-order valence-electron chi connectivity index (χ1n) is 11.0. The number of carbonyl (C=O) groups excluding carboxylic acids is 2. The standard InChI is InChI=1S/C25H30N4O3/c1-2-3-15-28(18-21-10-6-4-7-11-21)25(31)20-29-19-22(17-26-29)27-24(30)14-16-32-23-12-8-5-9-13-23/h4-13,17,19H,2-3,14-16,18,20H2,1H3,(H,27,30). The van der Waals surface area contributed by atoms with Gasteiger partial charge >= 0.3 is 0 Å². The van der Waals surface area contributed by atoms with E-state index >= 15 is 0 Å². The lowest BCUT2D eigenvalue weighted by molar-refractivity contribution is -0.132. The number of ether oxygens (including phenoxy) is 1. The highest BCUT2D eigenvalue weighted by molar-refractivity contribution is 5.90. The lowest BCUT2D eigenvalue weighted by Gasteiger charge is -2.22. The molecule has 3 aromatic rings. The van der Waals surface area contributed by atoms with Gasteiger partial charge in [-0.05, 0) is 24.1 Å². The Morgan fingerprint density at radius 2 is 1.78 bits per heavy atom. The first-order valence-corrected chi connectivity index (χ1v) is 11.0. The number of amides is 2. The molecule has 0 unspecified atom stereocenters. The second-order valence-electron chi connectivity index (χ2n) is 7.54.